The fourth-order valence-corrected chi connectivity index (χ4v) is 4.60. The highest BCUT2D eigenvalue weighted by atomic mass is 79.9. The van der Waals surface area contributed by atoms with E-state index in [9.17, 15) is 4.79 Å². The smallest absolute Gasteiger partial charge is 0.341 e. The quantitative estimate of drug-likeness (QED) is 0.236. The van der Waals surface area contributed by atoms with Crippen LogP contribution < -0.4 is 14.8 Å². The first-order valence-electron chi connectivity index (χ1n) is 11.1. The third-order valence-corrected chi connectivity index (χ3v) is 6.58. The fourth-order valence-electron chi connectivity index (χ4n) is 3.46. The molecule has 0 radical (unpaired) electrons. The molecular weight excluding hydrogens is 520 g/mol. The van der Waals surface area contributed by atoms with Gasteiger partial charge in [-0.25, -0.2) is 4.79 Å². The first-order chi connectivity index (χ1) is 16.5. The van der Waals surface area contributed by atoms with Crippen LogP contribution >= 0.6 is 27.7 Å². The van der Waals surface area contributed by atoms with Crippen LogP contribution in [0.4, 0.5) is 5.69 Å². The van der Waals surface area contributed by atoms with Gasteiger partial charge in [0.15, 0.2) is 18.5 Å². The molecule has 0 spiro atoms. The number of ether oxygens (including phenoxy) is 2. The molecule has 0 amide bonds. The van der Waals surface area contributed by atoms with E-state index in [0.717, 1.165) is 33.5 Å². The van der Waals surface area contributed by atoms with Crippen LogP contribution in [0, 0.1) is 0 Å². The number of thioether (sulfide) groups is 1. The maximum atomic E-state index is 10.7. The van der Waals surface area contributed by atoms with Crippen LogP contribution in [0.25, 0.3) is 11.3 Å². The molecule has 0 aliphatic carbocycles. The second kappa shape index (κ2) is 11.5. The van der Waals surface area contributed by atoms with Crippen molar-refractivity contribution in [2.24, 2.45) is 0 Å². The SMILES string of the molecule is CCCCCCSc1nnc2c(n1)O[C@@H](c1ccc(OCC(=O)O)cc1)Nc1ccc(Br)cc1-2. The molecule has 1 aliphatic heterocycles. The molecule has 2 N–H and O–H groups in total. The van der Waals surface area contributed by atoms with Crippen LogP contribution in [0.2, 0.25) is 0 Å². The zero-order chi connectivity index (χ0) is 23.9. The van der Waals surface area contributed by atoms with E-state index in [1.807, 2.05) is 30.3 Å². The van der Waals surface area contributed by atoms with Gasteiger partial charge in [0.1, 0.15) is 5.75 Å². The Labute approximate surface area is 210 Å². The largest absolute Gasteiger partial charge is 0.482 e. The number of fused-ring (bicyclic) bond motifs is 3. The summed E-state index contributed by atoms with van der Waals surface area (Å²) in [5, 5.41) is 21.6. The number of rotatable bonds is 10. The van der Waals surface area contributed by atoms with E-state index in [4.69, 9.17) is 14.6 Å². The molecule has 0 fully saturated rings. The summed E-state index contributed by atoms with van der Waals surface area (Å²) in [6, 6.07) is 12.9. The summed E-state index contributed by atoms with van der Waals surface area (Å²) in [5.41, 5.74) is 3.09. The molecule has 8 nitrogen and oxygen atoms in total. The number of nitrogens with zero attached hydrogens (tertiary/aromatic N) is 3. The number of hydrogen-bond donors (Lipinski definition) is 2. The van der Waals surface area contributed by atoms with E-state index in [1.165, 1.54) is 19.3 Å². The van der Waals surface area contributed by atoms with Gasteiger partial charge in [0.25, 0.3) is 0 Å². The molecule has 10 heteroatoms. The van der Waals surface area contributed by atoms with E-state index in [1.54, 1.807) is 23.9 Å². The summed E-state index contributed by atoms with van der Waals surface area (Å²) in [7, 11) is 0. The molecule has 1 atom stereocenters. The highest BCUT2D eigenvalue weighted by Gasteiger charge is 2.26. The number of nitrogens with one attached hydrogen (secondary N) is 1. The summed E-state index contributed by atoms with van der Waals surface area (Å²) in [6.45, 7) is 1.80. The van der Waals surface area contributed by atoms with Gasteiger partial charge >= 0.3 is 5.97 Å². The minimum Gasteiger partial charge on any atom is -0.482 e. The predicted octanol–water partition coefficient (Wildman–Crippen LogP) is 5.94. The maximum Gasteiger partial charge on any atom is 0.341 e. The van der Waals surface area contributed by atoms with Crippen molar-refractivity contribution in [3.05, 3.63) is 52.5 Å². The Morgan fingerprint density at radius 2 is 2.00 bits per heavy atom. The van der Waals surface area contributed by atoms with Crippen LogP contribution in [0.5, 0.6) is 11.6 Å². The van der Waals surface area contributed by atoms with Crippen molar-refractivity contribution in [3.63, 3.8) is 0 Å². The highest BCUT2D eigenvalue weighted by molar-refractivity contribution is 9.10. The number of benzene rings is 2. The minimum absolute atomic E-state index is 0.394. The van der Waals surface area contributed by atoms with Crippen molar-refractivity contribution >= 4 is 39.3 Å². The number of carbonyl (C=O) groups is 1. The number of aliphatic carboxylic acids is 1. The molecule has 2 aromatic carbocycles. The molecular formula is C24H25BrN4O4S. The van der Waals surface area contributed by atoms with E-state index < -0.39 is 18.8 Å². The van der Waals surface area contributed by atoms with Gasteiger partial charge in [-0.3, -0.25) is 0 Å². The first-order valence-corrected chi connectivity index (χ1v) is 12.9. The zero-order valence-electron chi connectivity index (χ0n) is 18.7. The molecule has 178 valence electrons. The second-order valence-corrected chi connectivity index (χ2v) is 9.72. The number of anilines is 1. The lowest BCUT2D eigenvalue weighted by atomic mass is 10.1. The molecule has 0 saturated carbocycles. The molecule has 34 heavy (non-hydrogen) atoms. The van der Waals surface area contributed by atoms with E-state index in [0.29, 0.717) is 22.5 Å². The van der Waals surface area contributed by atoms with Crippen molar-refractivity contribution in [1.82, 2.24) is 15.2 Å². The minimum atomic E-state index is -1.02. The van der Waals surface area contributed by atoms with Crippen molar-refractivity contribution in [1.29, 1.82) is 0 Å². The summed E-state index contributed by atoms with van der Waals surface area (Å²) in [6.07, 6.45) is 4.19. The van der Waals surface area contributed by atoms with Gasteiger partial charge in [0.05, 0.1) is 0 Å². The Morgan fingerprint density at radius 3 is 2.76 bits per heavy atom. The van der Waals surface area contributed by atoms with Gasteiger partial charge in [-0.15, -0.1) is 10.2 Å². The van der Waals surface area contributed by atoms with Gasteiger partial charge in [-0.2, -0.15) is 4.98 Å². The standard InChI is InChI=1S/C24H25BrN4O4S/c1-2-3-4-5-12-34-24-27-23-21(28-29-24)18-13-16(25)8-11-19(18)26-22(33-23)15-6-9-17(10-7-15)32-14-20(30)31/h6-11,13,22,26H,2-5,12,14H2,1H3,(H,30,31)/t22-/m0/s1. The second-order valence-electron chi connectivity index (χ2n) is 7.74. The first kappa shape index (κ1) is 24.3. The van der Waals surface area contributed by atoms with Gasteiger partial charge in [0, 0.05) is 27.0 Å². The molecule has 3 aromatic rings. The van der Waals surface area contributed by atoms with Gasteiger partial charge in [-0.05, 0) is 48.9 Å². The summed E-state index contributed by atoms with van der Waals surface area (Å²) >= 11 is 5.12. The normalized spacial score (nSPS) is 14.2. The zero-order valence-corrected chi connectivity index (χ0v) is 21.1. The lowest BCUT2D eigenvalue weighted by Crippen LogP contribution is -2.17. The third-order valence-electron chi connectivity index (χ3n) is 5.16. The topological polar surface area (TPSA) is 106 Å². The molecule has 2 heterocycles. The van der Waals surface area contributed by atoms with Crippen LogP contribution in [0.1, 0.15) is 44.4 Å². The van der Waals surface area contributed by atoms with Crippen molar-refractivity contribution < 1.29 is 19.4 Å². The van der Waals surface area contributed by atoms with Gasteiger partial charge < -0.3 is 19.9 Å². The number of carboxylic acids is 1. The van der Waals surface area contributed by atoms with Crippen LogP contribution in [-0.2, 0) is 4.79 Å². The average Bonchev–Trinajstić information content (AvgIpc) is 2.99. The fraction of sp³-hybridized carbons (Fsp3) is 0.333. The Kier molecular flexibility index (Phi) is 8.23. The number of unbranched alkanes of at least 4 members (excludes halogenated alkanes) is 3. The third kappa shape index (κ3) is 6.18. The Bertz CT molecular complexity index is 1150. The summed E-state index contributed by atoms with van der Waals surface area (Å²) in [5.74, 6) is 0.785. The molecule has 0 unspecified atom stereocenters. The summed E-state index contributed by atoms with van der Waals surface area (Å²) < 4.78 is 12.4. The van der Waals surface area contributed by atoms with Crippen molar-refractivity contribution in [3.8, 4) is 22.9 Å². The number of halogens is 1. The van der Waals surface area contributed by atoms with E-state index >= 15 is 0 Å². The van der Waals surface area contributed by atoms with Gasteiger partial charge in [0.2, 0.25) is 11.0 Å². The maximum absolute atomic E-state index is 10.7. The molecule has 1 aliphatic rings. The average molecular weight is 545 g/mol. The molecule has 0 saturated heterocycles. The lowest BCUT2D eigenvalue weighted by molar-refractivity contribution is -0.139. The molecule has 1 aromatic heterocycles. The molecule has 0 bridgehead atoms. The number of aromatic nitrogens is 3. The predicted molar refractivity (Wildman–Crippen MR) is 134 cm³/mol. The Morgan fingerprint density at radius 1 is 1.18 bits per heavy atom. The summed E-state index contributed by atoms with van der Waals surface area (Å²) in [4.78, 5) is 15.4. The Hall–Kier alpha value is -2.85. The number of carboxylic acid groups (broad SMARTS) is 1. The van der Waals surface area contributed by atoms with Crippen molar-refractivity contribution in [2.45, 2.75) is 44.0 Å². The van der Waals surface area contributed by atoms with Crippen LogP contribution in [-0.4, -0.2) is 38.6 Å². The Balaban J connectivity index is 1.59. The van der Waals surface area contributed by atoms with E-state index in [2.05, 4.69) is 43.4 Å². The lowest BCUT2D eigenvalue weighted by Gasteiger charge is -2.19. The van der Waals surface area contributed by atoms with Crippen LogP contribution in [0.3, 0.4) is 0 Å². The molecule has 4 rings (SSSR count). The van der Waals surface area contributed by atoms with Crippen molar-refractivity contribution in [2.75, 3.05) is 17.7 Å². The monoisotopic (exact) mass is 544 g/mol. The van der Waals surface area contributed by atoms with E-state index in [-0.39, 0.29) is 0 Å². The van der Waals surface area contributed by atoms with Gasteiger partial charge in [-0.1, -0.05) is 53.9 Å². The number of hydrogen-bond acceptors (Lipinski definition) is 8. The highest BCUT2D eigenvalue weighted by Crippen LogP contribution is 2.41. The van der Waals surface area contributed by atoms with Crippen LogP contribution in [0.15, 0.2) is 52.1 Å².